The lowest BCUT2D eigenvalue weighted by Gasteiger charge is -2.44. The molecule has 1 aliphatic heterocycles. The molecule has 5 heteroatoms. The summed E-state index contributed by atoms with van der Waals surface area (Å²) < 4.78 is 0. The number of aliphatic hydroxyl groups is 1. The van der Waals surface area contributed by atoms with E-state index in [4.69, 9.17) is 0 Å². The number of rotatable bonds is 3. The van der Waals surface area contributed by atoms with Crippen molar-refractivity contribution in [3.8, 4) is 0 Å². The first-order chi connectivity index (χ1) is 15.0. The fourth-order valence-electron chi connectivity index (χ4n) is 5.21. The zero-order valence-corrected chi connectivity index (χ0v) is 18.2. The molecule has 3 aromatic rings. The highest BCUT2D eigenvalue weighted by Crippen LogP contribution is 2.39. The molecular formula is C26H29N3O2. The summed E-state index contributed by atoms with van der Waals surface area (Å²) >= 11 is 0. The highest BCUT2D eigenvalue weighted by atomic mass is 16.3. The topological polar surface area (TPSA) is 56.7 Å². The first-order valence-electron chi connectivity index (χ1n) is 11.2. The van der Waals surface area contributed by atoms with Crippen LogP contribution in [0.4, 0.5) is 5.69 Å². The van der Waals surface area contributed by atoms with E-state index in [0.717, 1.165) is 65.6 Å². The Labute approximate surface area is 183 Å². The standard InChI is InChI=1S/C26H29N3O2/c1-17-11-12-18(15-27-17)13-19-14-22-25(21-8-4-3-7-20(19)21)28(2)16-29(26(22)31)23-9-5-6-10-24(23)30/h3-4,7-8,11-12,14-15,23-24,30H,5-6,9-10,13,16H2,1-2H3/t23-,24-/m0/s1. The Balaban J connectivity index is 1.61. The molecule has 1 N–H and O–H groups in total. The molecule has 1 aliphatic carbocycles. The maximum absolute atomic E-state index is 13.7. The van der Waals surface area contributed by atoms with Gasteiger partial charge >= 0.3 is 0 Å². The Hall–Kier alpha value is -2.92. The lowest BCUT2D eigenvalue weighted by atomic mass is 9.89. The van der Waals surface area contributed by atoms with Gasteiger partial charge in [-0.15, -0.1) is 0 Å². The van der Waals surface area contributed by atoms with Crippen LogP contribution in [-0.4, -0.2) is 46.8 Å². The Kier molecular flexibility index (Phi) is 5.14. The molecule has 0 unspecified atom stereocenters. The van der Waals surface area contributed by atoms with Crippen LogP contribution in [0, 0.1) is 6.92 Å². The molecule has 2 aromatic carbocycles. The lowest BCUT2D eigenvalue weighted by Crippen LogP contribution is -2.55. The van der Waals surface area contributed by atoms with Gasteiger partial charge in [0.1, 0.15) is 0 Å². The van der Waals surface area contributed by atoms with Gasteiger partial charge in [0.2, 0.25) is 0 Å². The molecule has 31 heavy (non-hydrogen) atoms. The van der Waals surface area contributed by atoms with E-state index in [0.29, 0.717) is 6.67 Å². The Morgan fingerprint density at radius 3 is 2.61 bits per heavy atom. The van der Waals surface area contributed by atoms with E-state index < -0.39 is 6.10 Å². The second-order valence-electron chi connectivity index (χ2n) is 9.00. The number of carbonyl (C=O) groups excluding carboxylic acids is 1. The van der Waals surface area contributed by atoms with Crippen molar-refractivity contribution in [1.82, 2.24) is 9.88 Å². The number of pyridine rings is 1. The molecule has 160 valence electrons. The number of hydrogen-bond donors (Lipinski definition) is 1. The van der Waals surface area contributed by atoms with Gasteiger partial charge in [-0.05, 0) is 54.8 Å². The van der Waals surface area contributed by atoms with Crippen LogP contribution >= 0.6 is 0 Å². The number of anilines is 1. The van der Waals surface area contributed by atoms with Crippen molar-refractivity contribution in [2.45, 2.75) is 51.2 Å². The smallest absolute Gasteiger partial charge is 0.257 e. The van der Waals surface area contributed by atoms with E-state index in [1.54, 1.807) is 0 Å². The van der Waals surface area contributed by atoms with Crippen molar-refractivity contribution < 1.29 is 9.90 Å². The third-order valence-corrected chi connectivity index (χ3v) is 6.80. The normalized spacial score (nSPS) is 21.5. The molecule has 2 atom stereocenters. The minimum Gasteiger partial charge on any atom is -0.391 e. The summed E-state index contributed by atoms with van der Waals surface area (Å²) in [5, 5.41) is 12.9. The predicted octanol–water partition coefficient (Wildman–Crippen LogP) is 4.29. The number of fused-ring (bicyclic) bond motifs is 3. The number of aryl methyl sites for hydroxylation is 1. The van der Waals surface area contributed by atoms with Gasteiger partial charge in [0.15, 0.2) is 0 Å². The number of hydrogen-bond acceptors (Lipinski definition) is 4. The molecule has 1 saturated carbocycles. The van der Waals surface area contributed by atoms with Crippen LogP contribution in [0.25, 0.3) is 10.8 Å². The molecule has 1 fully saturated rings. The van der Waals surface area contributed by atoms with Crippen molar-refractivity contribution in [3.63, 3.8) is 0 Å². The van der Waals surface area contributed by atoms with E-state index in [1.807, 2.05) is 37.2 Å². The summed E-state index contributed by atoms with van der Waals surface area (Å²) in [7, 11) is 2.05. The molecule has 2 heterocycles. The molecule has 0 radical (unpaired) electrons. The first-order valence-corrected chi connectivity index (χ1v) is 11.2. The van der Waals surface area contributed by atoms with E-state index in [9.17, 15) is 9.90 Å². The van der Waals surface area contributed by atoms with Gasteiger partial charge in [-0.3, -0.25) is 9.78 Å². The summed E-state index contributed by atoms with van der Waals surface area (Å²) in [6, 6.07) is 14.4. The van der Waals surface area contributed by atoms with Gasteiger partial charge in [0.25, 0.3) is 5.91 Å². The highest BCUT2D eigenvalue weighted by molar-refractivity contribution is 6.11. The summed E-state index contributed by atoms with van der Waals surface area (Å²) in [5.74, 6) is 0.0353. The molecular weight excluding hydrogens is 386 g/mol. The van der Waals surface area contributed by atoms with Crippen molar-refractivity contribution in [1.29, 1.82) is 0 Å². The molecule has 0 bridgehead atoms. The fraction of sp³-hybridized carbons (Fsp3) is 0.385. The SMILES string of the molecule is Cc1ccc(Cc2cc3c(c4ccccc24)N(C)CN([C@H]2CCCC[C@@H]2O)C3=O)cn1. The van der Waals surface area contributed by atoms with Crippen LogP contribution in [0.1, 0.15) is 52.9 Å². The predicted molar refractivity (Wildman–Crippen MR) is 123 cm³/mol. The quantitative estimate of drug-likeness (QED) is 0.693. The Morgan fingerprint density at radius 1 is 1.10 bits per heavy atom. The summed E-state index contributed by atoms with van der Waals surface area (Å²) in [4.78, 5) is 22.2. The largest absolute Gasteiger partial charge is 0.391 e. The number of benzene rings is 2. The van der Waals surface area contributed by atoms with Crippen LogP contribution in [0.2, 0.25) is 0 Å². The molecule has 0 spiro atoms. The van der Waals surface area contributed by atoms with Gasteiger partial charge in [0, 0.05) is 24.3 Å². The minimum absolute atomic E-state index is 0.0353. The highest BCUT2D eigenvalue weighted by Gasteiger charge is 2.37. The van der Waals surface area contributed by atoms with Crippen molar-refractivity contribution >= 4 is 22.4 Å². The van der Waals surface area contributed by atoms with E-state index in [1.165, 1.54) is 5.39 Å². The zero-order chi connectivity index (χ0) is 21.5. The molecule has 5 nitrogen and oxygen atoms in total. The van der Waals surface area contributed by atoms with Crippen LogP contribution in [0.3, 0.4) is 0 Å². The second-order valence-corrected chi connectivity index (χ2v) is 9.00. The van der Waals surface area contributed by atoms with Gasteiger partial charge in [0.05, 0.1) is 30.1 Å². The fourth-order valence-corrected chi connectivity index (χ4v) is 5.21. The van der Waals surface area contributed by atoms with Gasteiger partial charge in [-0.1, -0.05) is 43.2 Å². The van der Waals surface area contributed by atoms with Crippen LogP contribution < -0.4 is 4.90 Å². The number of amides is 1. The van der Waals surface area contributed by atoms with Crippen molar-refractivity contribution in [2.24, 2.45) is 0 Å². The number of carbonyl (C=O) groups is 1. The van der Waals surface area contributed by atoms with Gasteiger partial charge < -0.3 is 14.9 Å². The summed E-state index contributed by atoms with van der Waals surface area (Å²) in [5.41, 5.74) is 4.99. The number of aliphatic hydroxyl groups excluding tert-OH is 1. The third kappa shape index (κ3) is 3.57. The molecule has 1 aromatic heterocycles. The lowest BCUT2D eigenvalue weighted by molar-refractivity contribution is 0.0168. The second kappa shape index (κ2) is 7.97. The van der Waals surface area contributed by atoms with Gasteiger partial charge in [-0.2, -0.15) is 0 Å². The number of nitrogens with zero attached hydrogens (tertiary/aromatic N) is 3. The minimum atomic E-state index is -0.439. The van der Waals surface area contributed by atoms with Gasteiger partial charge in [-0.25, -0.2) is 0 Å². The summed E-state index contributed by atoms with van der Waals surface area (Å²) in [6.07, 6.45) is 5.94. The van der Waals surface area contributed by atoms with E-state index >= 15 is 0 Å². The number of aromatic nitrogens is 1. The Bertz CT molecular complexity index is 1130. The molecule has 1 amide bonds. The van der Waals surface area contributed by atoms with Crippen molar-refractivity contribution in [2.75, 3.05) is 18.6 Å². The maximum atomic E-state index is 13.7. The third-order valence-electron chi connectivity index (χ3n) is 6.80. The maximum Gasteiger partial charge on any atom is 0.257 e. The molecule has 5 rings (SSSR count). The van der Waals surface area contributed by atoms with Crippen LogP contribution in [0.5, 0.6) is 0 Å². The Morgan fingerprint density at radius 2 is 1.87 bits per heavy atom. The van der Waals surface area contributed by atoms with Crippen LogP contribution in [-0.2, 0) is 6.42 Å². The average molecular weight is 416 g/mol. The van der Waals surface area contributed by atoms with Crippen molar-refractivity contribution in [3.05, 3.63) is 71.0 Å². The van der Waals surface area contributed by atoms with E-state index in [-0.39, 0.29) is 11.9 Å². The molecule has 0 saturated heterocycles. The zero-order valence-electron chi connectivity index (χ0n) is 18.2. The van der Waals surface area contributed by atoms with E-state index in [2.05, 4.69) is 40.2 Å². The summed E-state index contributed by atoms with van der Waals surface area (Å²) in [6.45, 7) is 2.50. The molecule has 2 aliphatic rings. The monoisotopic (exact) mass is 415 g/mol. The average Bonchev–Trinajstić information content (AvgIpc) is 2.78. The first kappa shape index (κ1) is 20.0. The van der Waals surface area contributed by atoms with Crippen LogP contribution in [0.15, 0.2) is 48.7 Å².